The van der Waals surface area contributed by atoms with Crippen molar-refractivity contribution in [2.24, 2.45) is 23.7 Å². The number of rotatable bonds is 5. The molecule has 2 bridgehead atoms. The maximum absolute atomic E-state index is 15.3. The monoisotopic (exact) mass is 907 g/mol. The second-order valence-electron chi connectivity index (χ2n) is 20.7. The number of hydrogen-bond acceptors (Lipinski definition) is 4. The number of anilines is 3. The van der Waals surface area contributed by atoms with Crippen molar-refractivity contribution < 1.29 is 8.42 Å². The summed E-state index contributed by atoms with van der Waals surface area (Å²) in [5.74, 6) is 1.99. The van der Waals surface area contributed by atoms with E-state index in [4.69, 9.17) is 0 Å². The third-order valence-corrected chi connectivity index (χ3v) is 19.5. The van der Waals surface area contributed by atoms with Gasteiger partial charge in [0.1, 0.15) is 0 Å². The summed E-state index contributed by atoms with van der Waals surface area (Å²) in [5, 5.41) is 2.59. The van der Waals surface area contributed by atoms with Gasteiger partial charge in [0.15, 0.2) is 0 Å². The topological polar surface area (TPSA) is 37.4 Å². The lowest BCUT2D eigenvalue weighted by atomic mass is 9.46. The number of fused-ring (bicyclic) bond motifs is 8. The normalized spacial score (nSPS) is 22.8. The first-order valence-electron chi connectivity index (χ1n) is 24.2. The highest BCUT2D eigenvalue weighted by Crippen LogP contribution is 2.64. The Kier molecular flexibility index (Phi) is 9.09. The molecule has 9 aromatic rings. The lowest BCUT2D eigenvalue weighted by Crippen LogP contribution is -2.54. The first kappa shape index (κ1) is 41.0. The number of thiophene rings is 1. The van der Waals surface area contributed by atoms with Gasteiger partial charge in [0, 0.05) is 48.1 Å². The first-order valence-corrected chi connectivity index (χ1v) is 26.5. The second kappa shape index (κ2) is 14.9. The van der Waals surface area contributed by atoms with E-state index < -0.39 is 9.84 Å². The Labute approximate surface area is 398 Å². The predicted molar refractivity (Wildman–Crippen MR) is 279 cm³/mol. The van der Waals surface area contributed by atoms with Crippen LogP contribution in [-0.2, 0) is 20.7 Å². The molecule has 3 nitrogen and oxygen atoms in total. The Morgan fingerprint density at radius 2 is 1.03 bits per heavy atom. The van der Waals surface area contributed by atoms with E-state index in [9.17, 15) is 0 Å². The minimum atomic E-state index is -3.84. The average Bonchev–Trinajstić information content (AvgIpc) is 3.83. The average molecular weight is 908 g/mol. The van der Waals surface area contributed by atoms with E-state index in [0.29, 0.717) is 33.5 Å². The van der Waals surface area contributed by atoms with Crippen molar-refractivity contribution in [3.05, 3.63) is 198 Å². The molecule has 330 valence electrons. The third-order valence-electron chi connectivity index (χ3n) is 16.5. The van der Waals surface area contributed by atoms with Crippen molar-refractivity contribution in [2.45, 2.75) is 74.0 Å². The standard InChI is InChI=1S/C62H53NO2S2/c1-38-32-41-34-39(2)35-42(33-38)62(41)53-20-10-12-23-58(53)67(64,65)59-37-45(29-31-54(59)62)63(44-28-30-49-48-16-7-9-19-52(48)61(3,4)55(49)36-44)43-26-24-40(25-27-43)46-14-5-6-15-47(46)50-18-13-22-57-60(50)51-17-8-11-21-56(51)66-57/h5-31,36-39,41-42H,32-35H2,1-4H3. The van der Waals surface area contributed by atoms with Crippen LogP contribution in [-0.4, -0.2) is 8.42 Å². The SMILES string of the molecule is CC1CC2CC(C)CC(C1)C21c2ccccc2S(=O)(=O)c2cc(N(c3ccc(-c4ccccc4-c4cccc5sc6ccccc6c45)cc3)c3ccc4c(c3)C(C)(C)c3ccccc3-4)ccc21. The number of hydrogen-bond donors (Lipinski definition) is 0. The summed E-state index contributed by atoms with van der Waals surface area (Å²) in [5.41, 5.74) is 14.2. The molecule has 2 fully saturated rings. The van der Waals surface area contributed by atoms with E-state index in [-0.39, 0.29) is 10.8 Å². The van der Waals surface area contributed by atoms with Gasteiger partial charge in [-0.15, -0.1) is 11.3 Å². The van der Waals surface area contributed by atoms with Gasteiger partial charge in [-0.05, 0) is 160 Å². The van der Waals surface area contributed by atoms with E-state index in [1.807, 2.05) is 29.5 Å². The molecule has 0 N–H and O–H groups in total. The van der Waals surface area contributed by atoms with Crippen molar-refractivity contribution >= 4 is 58.4 Å². The maximum atomic E-state index is 15.3. The minimum Gasteiger partial charge on any atom is -0.310 e. The fraction of sp³-hybridized carbons (Fsp3) is 0.226. The zero-order valence-electron chi connectivity index (χ0n) is 38.5. The largest absolute Gasteiger partial charge is 0.310 e. The summed E-state index contributed by atoms with van der Waals surface area (Å²) in [6.45, 7) is 9.45. The van der Waals surface area contributed by atoms with Gasteiger partial charge in [-0.3, -0.25) is 0 Å². The van der Waals surface area contributed by atoms with E-state index >= 15 is 8.42 Å². The summed E-state index contributed by atoms with van der Waals surface area (Å²) < 4.78 is 33.1. The van der Waals surface area contributed by atoms with Crippen molar-refractivity contribution in [3.8, 4) is 33.4 Å². The van der Waals surface area contributed by atoms with Gasteiger partial charge in [0.25, 0.3) is 0 Å². The van der Waals surface area contributed by atoms with Crippen molar-refractivity contribution in [1.82, 2.24) is 0 Å². The molecular formula is C62H53NO2S2. The molecule has 0 atom stereocenters. The summed E-state index contributed by atoms with van der Waals surface area (Å²) in [4.78, 5) is 3.26. The number of benzene rings is 8. The molecule has 8 aromatic carbocycles. The molecule has 67 heavy (non-hydrogen) atoms. The molecule has 1 spiro atoms. The quantitative estimate of drug-likeness (QED) is 0.173. The second-order valence-corrected chi connectivity index (χ2v) is 23.7. The van der Waals surface area contributed by atoms with Crippen molar-refractivity contribution in [2.75, 3.05) is 4.90 Å². The van der Waals surface area contributed by atoms with Crippen LogP contribution >= 0.6 is 11.3 Å². The van der Waals surface area contributed by atoms with Gasteiger partial charge < -0.3 is 4.90 Å². The molecule has 2 saturated carbocycles. The van der Waals surface area contributed by atoms with E-state index in [0.717, 1.165) is 59.4 Å². The lowest BCUT2D eigenvalue weighted by molar-refractivity contribution is 0.0231. The molecule has 13 rings (SSSR count). The van der Waals surface area contributed by atoms with E-state index in [2.05, 4.69) is 190 Å². The lowest BCUT2D eigenvalue weighted by Gasteiger charge is -2.59. The molecule has 3 aliphatic carbocycles. The summed E-state index contributed by atoms with van der Waals surface area (Å²) in [6, 6.07) is 63.2. The van der Waals surface area contributed by atoms with Crippen LogP contribution < -0.4 is 4.90 Å². The van der Waals surface area contributed by atoms with Crippen LogP contribution in [0.4, 0.5) is 17.1 Å². The van der Waals surface area contributed by atoms with Gasteiger partial charge in [-0.2, -0.15) is 0 Å². The molecule has 0 unspecified atom stereocenters. The highest BCUT2D eigenvalue weighted by molar-refractivity contribution is 7.91. The van der Waals surface area contributed by atoms with Crippen molar-refractivity contribution in [3.63, 3.8) is 0 Å². The van der Waals surface area contributed by atoms with Gasteiger partial charge in [0.05, 0.1) is 9.79 Å². The Bertz CT molecular complexity index is 3570. The minimum absolute atomic E-state index is 0.208. The summed E-state index contributed by atoms with van der Waals surface area (Å²) in [6.07, 6.45) is 4.46. The smallest absolute Gasteiger partial charge is 0.207 e. The van der Waals surface area contributed by atoms with Crippen LogP contribution in [0.1, 0.15) is 75.6 Å². The van der Waals surface area contributed by atoms with Crippen LogP contribution in [0.2, 0.25) is 0 Å². The highest BCUT2D eigenvalue weighted by Gasteiger charge is 2.59. The molecule has 0 saturated heterocycles. The molecule has 4 aliphatic rings. The van der Waals surface area contributed by atoms with Gasteiger partial charge in [-0.1, -0.05) is 149 Å². The fourth-order valence-corrected chi connectivity index (χ4v) is 16.8. The molecule has 0 amide bonds. The van der Waals surface area contributed by atoms with Crippen LogP contribution in [0, 0.1) is 23.7 Å². The van der Waals surface area contributed by atoms with Gasteiger partial charge in [0.2, 0.25) is 9.84 Å². The molecule has 1 aliphatic heterocycles. The molecule has 2 heterocycles. The Morgan fingerprint density at radius 1 is 0.478 bits per heavy atom. The van der Waals surface area contributed by atoms with Crippen molar-refractivity contribution in [1.29, 1.82) is 0 Å². The van der Waals surface area contributed by atoms with E-state index in [1.54, 1.807) is 0 Å². The molecule has 5 heteroatoms. The molecule has 0 radical (unpaired) electrons. The van der Waals surface area contributed by atoms with Gasteiger partial charge in [-0.25, -0.2) is 8.42 Å². The van der Waals surface area contributed by atoms with E-state index in [1.165, 1.54) is 59.1 Å². The molecular weight excluding hydrogens is 855 g/mol. The summed E-state index contributed by atoms with van der Waals surface area (Å²) in [7, 11) is -3.84. The third kappa shape index (κ3) is 5.90. The Hall–Kier alpha value is -6.27. The number of nitrogens with zero attached hydrogens (tertiary/aromatic N) is 1. The highest BCUT2D eigenvalue weighted by atomic mass is 32.2. The maximum Gasteiger partial charge on any atom is 0.207 e. The first-order chi connectivity index (χ1) is 32.5. The van der Waals surface area contributed by atoms with Crippen LogP contribution in [0.5, 0.6) is 0 Å². The van der Waals surface area contributed by atoms with Gasteiger partial charge >= 0.3 is 0 Å². The molecule has 1 aromatic heterocycles. The number of sulfone groups is 1. The van der Waals surface area contributed by atoms with Crippen LogP contribution in [0.15, 0.2) is 186 Å². The Morgan fingerprint density at radius 3 is 1.79 bits per heavy atom. The fourth-order valence-electron chi connectivity index (χ4n) is 13.8. The Balaban J connectivity index is 0.988. The van der Waals surface area contributed by atoms with Crippen LogP contribution in [0.3, 0.4) is 0 Å². The zero-order valence-corrected chi connectivity index (χ0v) is 40.1. The van der Waals surface area contributed by atoms with Crippen LogP contribution in [0.25, 0.3) is 53.6 Å². The summed E-state index contributed by atoms with van der Waals surface area (Å²) >= 11 is 1.85. The zero-order chi connectivity index (χ0) is 45.4. The predicted octanol–water partition coefficient (Wildman–Crippen LogP) is 16.7.